The van der Waals surface area contributed by atoms with Gasteiger partial charge in [-0.15, -0.1) is 0 Å². The van der Waals surface area contributed by atoms with Gasteiger partial charge in [0.25, 0.3) is 34.4 Å². The van der Waals surface area contributed by atoms with Crippen LogP contribution in [0.4, 0.5) is 56.1 Å². The Kier molecular flexibility index (Phi) is 27.7. The van der Waals surface area contributed by atoms with Crippen LogP contribution in [0.3, 0.4) is 0 Å². The highest BCUT2D eigenvalue weighted by Crippen LogP contribution is 2.53. The fourth-order valence-electron chi connectivity index (χ4n) is 20.7. The fraction of sp³-hybridized carbons (Fsp3) is 0.343. The van der Waals surface area contributed by atoms with Gasteiger partial charge < -0.3 is 59.1 Å². The van der Waals surface area contributed by atoms with Crippen LogP contribution < -0.4 is 46.1 Å². The topological polar surface area (TPSA) is 354 Å². The van der Waals surface area contributed by atoms with Gasteiger partial charge in [0, 0.05) is 78.9 Å². The van der Waals surface area contributed by atoms with Crippen molar-refractivity contribution in [3.05, 3.63) is 246 Å². The SMILES string of the molecule is C.C.C=CC(=O)N1CC2C(=O)N(C)c3c(c4cc(F)c(-c5c(O)cccc5F)nc4n(-c4c(C)ncnc4C(C)C)c3=O)N2CC1C.C=CC(=O)N1CC2C(=O)N(C3COC3)c3c(c4cc(Cl)c(-c5c(O)cccc5F)c(F)c4n(-c4c(C)ccnc4C(C)C)c3=O)N2CC1C.C=CC(=O)N1CC2C(=O)N(C3COC3)c3c(c4cc(Cl)c(-c5c(O)cccc5F)nc4n(-c4c(C)ccnc4C(C)C)c3=O)N2CC1C. The summed E-state index contributed by atoms with van der Waals surface area (Å²) in [5.41, 5.74) is 1.49. The van der Waals surface area contributed by atoms with Gasteiger partial charge in [-0.2, -0.15) is 0 Å². The minimum Gasteiger partial charge on any atom is -0.507 e. The first-order valence-corrected chi connectivity index (χ1v) is 47.0. The normalized spacial score (nSPS) is 18.6. The number of nitrogens with zero attached hydrogens (tertiary/aromatic N) is 18. The molecule has 750 valence electrons. The summed E-state index contributed by atoms with van der Waals surface area (Å²) >= 11 is 13.7. The van der Waals surface area contributed by atoms with Gasteiger partial charge in [0.1, 0.15) is 81.9 Å². The van der Waals surface area contributed by atoms with E-state index in [-0.39, 0.29) is 211 Å². The number of hydrogen-bond donors (Lipinski definition) is 3. The number of carbonyl (C=O) groups excluding carboxylic acids is 6. The number of aryl methyl sites for hydroxylation is 3. The van der Waals surface area contributed by atoms with E-state index < -0.39 is 134 Å². The first kappa shape index (κ1) is 102. The Hall–Kier alpha value is -14.8. The smallest absolute Gasteiger partial charge is 0.283 e. The lowest BCUT2D eigenvalue weighted by atomic mass is 9.94. The number of halogens is 7. The quantitative estimate of drug-likeness (QED) is 0.0672. The zero-order valence-corrected chi connectivity index (χ0v) is 81.1. The van der Waals surface area contributed by atoms with E-state index in [9.17, 15) is 48.9 Å². The second-order valence-corrected chi connectivity index (χ2v) is 38.3. The number of pyridine rings is 7. The lowest BCUT2D eigenvalue weighted by Crippen LogP contribution is -2.69. The van der Waals surface area contributed by atoms with Crippen LogP contribution >= 0.6 is 23.2 Å². The number of ether oxygens (including phenoxy) is 2. The van der Waals surface area contributed by atoms with Crippen LogP contribution in [-0.2, 0) is 38.2 Å². The Bertz CT molecular complexity index is 7580. The van der Waals surface area contributed by atoms with Crippen LogP contribution in [0.1, 0.15) is 129 Å². The van der Waals surface area contributed by atoms with Crippen molar-refractivity contribution in [3.8, 4) is 68.0 Å². The minimum absolute atomic E-state index is 0. The van der Waals surface area contributed by atoms with Gasteiger partial charge in [0.15, 0.2) is 22.9 Å². The third-order valence-electron chi connectivity index (χ3n) is 27.7. The van der Waals surface area contributed by atoms with Gasteiger partial charge in [-0.1, -0.05) is 118 Å². The van der Waals surface area contributed by atoms with E-state index in [4.69, 9.17) is 37.7 Å². The van der Waals surface area contributed by atoms with Crippen LogP contribution in [0.15, 0.2) is 156 Å². The Morgan fingerprint density at radius 3 is 1.24 bits per heavy atom. The standard InChI is InChI=1S/C36H34ClF2N5O5.C35H34ClFN6O5.C32H31F2N7O4.2CH4/c1-6-26(46)41-14-24-35(47)43(20-15-49-16-20)34-33(42(24)13-19(41)5)21-12-22(37)27(28-23(38)8-7-9-25(28)45)29(39)32(21)44(36(34)48)31-18(4)10-11-40-30(31)17(2)3;1-6-26(45)40-14-24-34(46)42(20-15-48-16-20)32-31(41(24)13-19(40)5)21-12-22(36)29(27-23(37)8-7-9-25(27)44)39-33(21)43(35(32)47)30-18(4)10-11-38-28(30)17(2)3;1-7-23(43)39-13-21-31(44)38(6)29-28(40(21)12-16(39)4)18-11-20(34)26(24-19(33)9-8-10-22(24)42)37-30(18)41(32(29)45)27-17(5)35-14-36-25(27)15(2)3;;/h6-12,17,19-20,24,45H,1,13-16H2,2-5H3;6-12,17,19-20,24,44H,1,13-16H2,2-5H3;7-11,14-16,21,42H,1,12-13H2,2-6H3;2*1H4. The average molecular weight is 2010 g/mol. The molecule has 4 aromatic carbocycles. The second-order valence-electron chi connectivity index (χ2n) is 37.5. The van der Waals surface area contributed by atoms with Gasteiger partial charge in [0.2, 0.25) is 17.7 Å². The van der Waals surface area contributed by atoms with Crippen molar-refractivity contribution in [2.45, 2.75) is 164 Å². The molecule has 39 heteroatoms. The molecule has 0 radical (unpaired) electrons. The highest BCUT2D eigenvalue weighted by atomic mass is 35.5. The Labute approximate surface area is 834 Å². The first-order valence-electron chi connectivity index (χ1n) is 46.2. The molecule has 8 aliphatic rings. The number of aromatic nitrogens is 9. The largest absolute Gasteiger partial charge is 0.507 e. The molecular weight excluding hydrogens is 1900 g/mol. The van der Waals surface area contributed by atoms with E-state index in [0.29, 0.717) is 56.5 Å². The molecular formula is C105H107Cl2F5N18O14. The zero-order chi connectivity index (χ0) is 102. The summed E-state index contributed by atoms with van der Waals surface area (Å²) < 4.78 is 94.3. The van der Waals surface area contributed by atoms with Crippen molar-refractivity contribution in [1.82, 2.24) is 58.3 Å². The van der Waals surface area contributed by atoms with Crippen molar-refractivity contribution in [1.29, 1.82) is 0 Å². The van der Waals surface area contributed by atoms with E-state index in [0.717, 1.165) is 23.8 Å². The van der Waals surface area contributed by atoms with Crippen molar-refractivity contribution in [2.75, 3.05) is 102 Å². The molecule has 0 saturated carbocycles. The van der Waals surface area contributed by atoms with E-state index in [1.54, 1.807) is 71.0 Å². The van der Waals surface area contributed by atoms with Crippen molar-refractivity contribution in [2.24, 2.45) is 0 Å². The monoisotopic (exact) mass is 2010 g/mol. The molecule has 6 amide bonds. The van der Waals surface area contributed by atoms with Gasteiger partial charge in [0.05, 0.1) is 153 Å². The summed E-state index contributed by atoms with van der Waals surface area (Å²) in [5.74, 6) is -8.63. The van der Waals surface area contributed by atoms with Crippen LogP contribution in [0.5, 0.6) is 17.2 Å². The Morgan fingerprint density at radius 1 is 0.438 bits per heavy atom. The number of anilines is 6. The summed E-state index contributed by atoms with van der Waals surface area (Å²) in [6.45, 7) is 34.5. The highest BCUT2D eigenvalue weighted by molar-refractivity contribution is 6.35. The number of aromatic hydroxyl groups is 3. The summed E-state index contributed by atoms with van der Waals surface area (Å²) in [6, 6.07) is 14.1. The summed E-state index contributed by atoms with van der Waals surface area (Å²) in [6.07, 6.45) is 8.25. The summed E-state index contributed by atoms with van der Waals surface area (Å²) in [4.78, 5) is 168. The lowest BCUT2D eigenvalue weighted by Gasteiger charge is -2.52. The number of carbonyl (C=O) groups is 6. The van der Waals surface area contributed by atoms with Gasteiger partial charge in [-0.25, -0.2) is 41.9 Å². The van der Waals surface area contributed by atoms with Gasteiger partial charge in [-0.05, 0) is 155 Å². The molecule has 144 heavy (non-hydrogen) atoms. The maximum Gasteiger partial charge on any atom is 0.283 e. The third kappa shape index (κ3) is 16.4. The molecule has 5 fully saturated rings. The fourth-order valence-corrected chi connectivity index (χ4v) is 21.2. The predicted molar refractivity (Wildman–Crippen MR) is 542 cm³/mol. The average Bonchev–Trinajstić information content (AvgIpc) is 0.695. The number of phenols is 3. The van der Waals surface area contributed by atoms with Crippen LogP contribution in [0, 0.1) is 49.9 Å². The molecule has 32 nitrogen and oxygen atoms in total. The minimum atomic E-state index is -1.04. The number of phenolic OH excluding ortho intramolecular Hbond substituents is 3. The number of amides is 6. The molecule has 3 N–H and O–H groups in total. The van der Waals surface area contributed by atoms with E-state index in [1.165, 1.54) is 113 Å². The second kappa shape index (κ2) is 39.1. The van der Waals surface area contributed by atoms with Crippen LogP contribution in [0.25, 0.3) is 83.7 Å². The van der Waals surface area contributed by atoms with Crippen molar-refractivity contribution in [3.63, 3.8) is 0 Å². The molecule has 0 aliphatic carbocycles. The number of benzene rings is 4. The van der Waals surface area contributed by atoms with E-state index >= 15 is 31.5 Å². The van der Waals surface area contributed by atoms with Crippen molar-refractivity contribution >= 4 is 126 Å². The molecule has 6 unspecified atom stereocenters. The molecule has 8 aliphatic heterocycles. The number of piperazine rings is 3. The van der Waals surface area contributed by atoms with Gasteiger partial charge in [-0.3, -0.25) is 76.6 Å². The molecule has 0 spiro atoms. The predicted octanol–water partition coefficient (Wildman–Crippen LogP) is 15.3. The number of hydrogen-bond acceptors (Lipinski definition) is 23. The maximum atomic E-state index is 17.5. The lowest BCUT2D eigenvalue weighted by molar-refractivity contribution is -0.133. The summed E-state index contributed by atoms with van der Waals surface area (Å²) in [7, 11) is 1.46. The number of rotatable bonds is 14. The first-order chi connectivity index (χ1) is 67.7. The Morgan fingerprint density at radius 2 is 0.812 bits per heavy atom. The van der Waals surface area contributed by atoms with Crippen molar-refractivity contribution < 1.29 is 75.5 Å². The molecule has 0 bridgehead atoms. The third-order valence-corrected chi connectivity index (χ3v) is 28.2. The number of likely N-dealkylation sites (N-methyl/N-ethyl adjacent to an activating group) is 1. The van der Waals surface area contributed by atoms with E-state index in [1.807, 2.05) is 67.2 Å². The number of fused-ring (bicyclic) bond motifs is 15. The molecule has 20 rings (SSSR count). The molecule has 6 atom stereocenters. The maximum absolute atomic E-state index is 17.5. The zero-order valence-electron chi connectivity index (χ0n) is 79.6. The van der Waals surface area contributed by atoms with Crippen LogP contribution in [-0.4, -0.2) is 230 Å². The highest BCUT2D eigenvalue weighted by Gasteiger charge is 2.54. The molecule has 16 heterocycles. The Balaban J connectivity index is 0.000000154. The molecule has 8 aromatic heterocycles. The summed E-state index contributed by atoms with van der Waals surface area (Å²) in [5, 5.41) is 32.6. The van der Waals surface area contributed by atoms with E-state index in [2.05, 4.69) is 44.7 Å². The van der Waals surface area contributed by atoms with Gasteiger partial charge >= 0.3 is 0 Å². The molecule has 5 saturated heterocycles. The van der Waals surface area contributed by atoms with Crippen LogP contribution in [0.2, 0.25) is 10.0 Å². The molecule has 12 aromatic rings.